The predicted octanol–water partition coefficient (Wildman–Crippen LogP) is 0.384. The summed E-state index contributed by atoms with van der Waals surface area (Å²) in [5, 5.41) is 5.11. The number of nitrogens with zero attached hydrogens (tertiary/aromatic N) is 2. The topological polar surface area (TPSA) is 62.3 Å². The molecule has 2 rings (SSSR count). The molecule has 1 aliphatic rings. The van der Waals surface area contributed by atoms with Crippen molar-refractivity contribution in [2.45, 2.75) is 18.9 Å². The van der Waals surface area contributed by atoms with Gasteiger partial charge < -0.3 is 5.32 Å². The van der Waals surface area contributed by atoms with Crippen LogP contribution in [0.1, 0.15) is 12.8 Å². The number of anilines is 1. The third-order valence-electron chi connectivity index (χ3n) is 2.33. The van der Waals surface area contributed by atoms with Crippen LogP contribution in [0.25, 0.3) is 0 Å². The zero-order valence-corrected chi connectivity index (χ0v) is 9.08. The van der Waals surface area contributed by atoms with Crippen LogP contribution in [0.4, 0.5) is 5.13 Å². The van der Waals surface area contributed by atoms with Gasteiger partial charge in [-0.25, -0.2) is 4.98 Å². The summed E-state index contributed by atoms with van der Waals surface area (Å²) in [5.41, 5.74) is 0. The number of amides is 2. The maximum Gasteiger partial charge on any atom is 0.251 e. The molecule has 0 aliphatic carbocycles. The highest BCUT2D eigenvalue weighted by Crippen LogP contribution is 2.18. The Morgan fingerprint density at radius 3 is 3.07 bits per heavy atom. The molecule has 0 spiro atoms. The predicted molar refractivity (Wildman–Crippen MR) is 56.7 cm³/mol. The van der Waals surface area contributed by atoms with Crippen molar-refractivity contribution in [3.8, 4) is 0 Å². The molecule has 1 N–H and O–H groups in total. The molecule has 1 unspecified atom stereocenters. The van der Waals surface area contributed by atoms with Crippen molar-refractivity contribution in [1.29, 1.82) is 0 Å². The van der Waals surface area contributed by atoms with Crippen LogP contribution >= 0.6 is 11.3 Å². The van der Waals surface area contributed by atoms with E-state index in [-0.39, 0.29) is 17.9 Å². The van der Waals surface area contributed by atoms with Crippen molar-refractivity contribution >= 4 is 28.3 Å². The summed E-state index contributed by atoms with van der Waals surface area (Å²) in [6, 6.07) is -0.383. The molecule has 0 aromatic carbocycles. The summed E-state index contributed by atoms with van der Waals surface area (Å²) in [7, 11) is 1.67. The van der Waals surface area contributed by atoms with Crippen molar-refractivity contribution in [2.24, 2.45) is 0 Å². The van der Waals surface area contributed by atoms with E-state index in [9.17, 15) is 9.59 Å². The van der Waals surface area contributed by atoms with E-state index >= 15 is 0 Å². The van der Waals surface area contributed by atoms with Crippen LogP contribution in [0.3, 0.4) is 0 Å². The Labute approximate surface area is 91.1 Å². The summed E-state index contributed by atoms with van der Waals surface area (Å²) in [4.78, 5) is 28.4. The van der Waals surface area contributed by atoms with Gasteiger partial charge in [0.15, 0.2) is 5.13 Å². The Balaban J connectivity index is 2.05. The van der Waals surface area contributed by atoms with Gasteiger partial charge in [0, 0.05) is 25.0 Å². The monoisotopic (exact) mass is 225 g/mol. The van der Waals surface area contributed by atoms with E-state index in [1.165, 1.54) is 16.2 Å². The minimum Gasteiger partial charge on any atom is -0.344 e. The van der Waals surface area contributed by atoms with Crippen LogP contribution in [0, 0.1) is 0 Å². The Bertz CT molecular complexity index is 377. The smallest absolute Gasteiger partial charge is 0.251 e. The van der Waals surface area contributed by atoms with Gasteiger partial charge in [0.05, 0.1) is 0 Å². The zero-order chi connectivity index (χ0) is 10.8. The first-order valence-corrected chi connectivity index (χ1v) is 5.53. The fraction of sp³-hybridized carbons (Fsp3) is 0.444. The zero-order valence-electron chi connectivity index (χ0n) is 8.27. The highest BCUT2D eigenvalue weighted by atomic mass is 32.1. The van der Waals surface area contributed by atoms with E-state index < -0.39 is 0 Å². The fourth-order valence-corrected chi connectivity index (χ4v) is 2.12. The average Bonchev–Trinajstić information content (AvgIpc) is 2.85. The number of carbonyl (C=O) groups excluding carboxylic acids is 2. The molecule has 0 saturated carbocycles. The Morgan fingerprint density at radius 2 is 2.53 bits per heavy atom. The van der Waals surface area contributed by atoms with E-state index in [1.54, 1.807) is 13.2 Å². The minimum atomic E-state index is -0.383. The van der Waals surface area contributed by atoms with Crippen LogP contribution < -0.4 is 10.2 Å². The summed E-state index contributed by atoms with van der Waals surface area (Å²) in [5.74, 6) is -0.156. The second-order valence-electron chi connectivity index (χ2n) is 3.37. The molecule has 1 aliphatic heterocycles. The molecular weight excluding hydrogens is 214 g/mol. The van der Waals surface area contributed by atoms with Crippen molar-refractivity contribution in [3.05, 3.63) is 11.6 Å². The lowest BCUT2D eigenvalue weighted by atomic mass is 10.2. The Kier molecular flexibility index (Phi) is 2.68. The molecule has 1 aromatic rings. The molecule has 80 valence electrons. The Morgan fingerprint density at radius 1 is 1.73 bits per heavy atom. The minimum absolute atomic E-state index is 0.0547. The van der Waals surface area contributed by atoms with Crippen molar-refractivity contribution < 1.29 is 9.59 Å². The van der Waals surface area contributed by atoms with Gasteiger partial charge in [-0.3, -0.25) is 14.5 Å². The van der Waals surface area contributed by atoms with Gasteiger partial charge >= 0.3 is 0 Å². The second-order valence-corrected chi connectivity index (χ2v) is 4.24. The van der Waals surface area contributed by atoms with Gasteiger partial charge in [-0.15, -0.1) is 11.3 Å². The molecule has 1 fully saturated rings. The van der Waals surface area contributed by atoms with Gasteiger partial charge in [-0.2, -0.15) is 0 Å². The molecule has 15 heavy (non-hydrogen) atoms. The van der Waals surface area contributed by atoms with Gasteiger partial charge in [0.25, 0.3) is 5.91 Å². The van der Waals surface area contributed by atoms with Crippen molar-refractivity contribution in [3.63, 3.8) is 0 Å². The molecular formula is C9H11N3O2S. The van der Waals surface area contributed by atoms with Crippen LogP contribution in [0.5, 0.6) is 0 Å². The SMILES string of the molecule is CN(C(=O)C1CCC(=O)N1)c1nccs1. The number of nitrogens with one attached hydrogen (secondary N) is 1. The number of rotatable bonds is 2. The van der Waals surface area contributed by atoms with Gasteiger partial charge in [-0.1, -0.05) is 0 Å². The molecule has 2 amide bonds. The number of carbonyl (C=O) groups is 2. The lowest BCUT2D eigenvalue weighted by molar-refractivity contribution is -0.123. The van der Waals surface area contributed by atoms with E-state index in [0.717, 1.165) is 0 Å². The number of thiazole rings is 1. The van der Waals surface area contributed by atoms with Crippen LogP contribution in [0.15, 0.2) is 11.6 Å². The summed E-state index contributed by atoms with van der Waals surface area (Å²) in [6.45, 7) is 0. The number of hydrogen-bond donors (Lipinski definition) is 1. The first kappa shape index (κ1) is 10.1. The maximum absolute atomic E-state index is 11.9. The number of likely N-dealkylation sites (N-methyl/N-ethyl adjacent to an activating group) is 1. The highest BCUT2D eigenvalue weighted by Gasteiger charge is 2.30. The molecule has 1 saturated heterocycles. The quantitative estimate of drug-likeness (QED) is 0.791. The normalized spacial score (nSPS) is 20.1. The number of hydrogen-bond acceptors (Lipinski definition) is 4. The molecule has 6 heteroatoms. The van der Waals surface area contributed by atoms with E-state index in [0.29, 0.717) is 18.0 Å². The van der Waals surface area contributed by atoms with E-state index in [1.807, 2.05) is 5.38 Å². The van der Waals surface area contributed by atoms with E-state index in [2.05, 4.69) is 10.3 Å². The van der Waals surface area contributed by atoms with E-state index in [4.69, 9.17) is 0 Å². The molecule has 2 heterocycles. The summed E-state index contributed by atoms with van der Waals surface area (Å²) >= 11 is 1.40. The van der Waals surface area contributed by atoms with Crippen LogP contribution in [-0.4, -0.2) is 29.9 Å². The number of aromatic nitrogens is 1. The maximum atomic E-state index is 11.9. The summed E-state index contributed by atoms with van der Waals surface area (Å²) < 4.78 is 0. The second kappa shape index (κ2) is 3.98. The van der Waals surface area contributed by atoms with Gasteiger partial charge in [-0.05, 0) is 6.42 Å². The largest absolute Gasteiger partial charge is 0.344 e. The first-order valence-electron chi connectivity index (χ1n) is 4.65. The molecule has 5 nitrogen and oxygen atoms in total. The lowest BCUT2D eigenvalue weighted by Gasteiger charge is -2.17. The highest BCUT2D eigenvalue weighted by molar-refractivity contribution is 7.13. The fourth-order valence-electron chi connectivity index (χ4n) is 1.51. The third-order valence-corrected chi connectivity index (χ3v) is 3.18. The lowest BCUT2D eigenvalue weighted by Crippen LogP contribution is -2.42. The third kappa shape index (κ3) is 1.99. The Hall–Kier alpha value is -1.43. The summed E-state index contributed by atoms with van der Waals surface area (Å²) in [6.07, 6.45) is 2.66. The molecule has 0 radical (unpaired) electrons. The molecule has 1 atom stereocenters. The van der Waals surface area contributed by atoms with Crippen molar-refractivity contribution in [1.82, 2.24) is 10.3 Å². The van der Waals surface area contributed by atoms with Crippen LogP contribution in [0.2, 0.25) is 0 Å². The molecule has 1 aromatic heterocycles. The standard InChI is InChI=1S/C9H11N3O2S/c1-12(9-10-4-5-15-9)8(14)6-2-3-7(13)11-6/h4-6H,2-3H2,1H3,(H,11,13). The van der Waals surface area contributed by atoms with Crippen molar-refractivity contribution in [2.75, 3.05) is 11.9 Å². The first-order chi connectivity index (χ1) is 7.18. The van der Waals surface area contributed by atoms with Gasteiger partial charge in [0.1, 0.15) is 6.04 Å². The average molecular weight is 225 g/mol. The van der Waals surface area contributed by atoms with Gasteiger partial charge in [0.2, 0.25) is 5.91 Å². The van der Waals surface area contributed by atoms with Crippen LogP contribution in [-0.2, 0) is 9.59 Å². The molecule has 0 bridgehead atoms.